The van der Waals surface area contributed by atoms with Crippen LogP contribution in [0.1, 0.15) is 44.5 Å². The van der Waals surface area contributed by atoms with Crippen LogP contribution in [-0.2, 0) is 0 Å². The number of ether oxygens (including phenoxy) is 3. The maximum atomic E-state index is 7.64. The van der Waals surface area contributed by atoms with Crippen molar-refractivity contribution in [2.45, 2.75) is 55.4 Å². The fourth-order valence-corrected chi connectivity index (χ4v) is 20.0. The summed E-state index contributed by atoms with van der Waals surface area (Å²) in [6, 6.07) is 78.8. The minimum absolute atomic E-state index is 0.147. The normalized spacial score (nSPS) is 13.9. The van der Waals surface area contributed by atoms with Crippen LogP contribution in [0.2, 0.25) is 0 Å². The van der Waals surface area contributed by atoms with Gasteiger partial charge in [0.1, 0.15) is 34.5 Å². The predicted molar refractivity (Wildman–Crippen MR) is 435 cm³/mol. The quantitative estimate of drug-likeness (QED) is 0.135. The van der Waals surface area contributed by atoms with Crippen LogP contribution in [0.25, 0.3) is 82.5 Å². The van der Waals surface area contributed by atoms with E-state index in [1.807, 2.05) is 0 Å². The Morgan fingerprint density at radius 1 is 0.265 bits per heavy atom. The Balaban J connectivity index is 0.793. The first kappa shape index (κ1) is 58.7. The first-order valence-corrected chi connectivity index (χ1v) is 37.7. The van der Waals surface area contributed by atoms with E-state index in [-0.39, 0.29) is 20.1 Å². The molecular formula is C88H65B3N6O3S2. The summed E-state index contributed by atoms with van der Waals surface area (Å²) in [4.78, 5) is 0. The average molecular weight is 1350 g/mol. The van der Waals surface area contributed by atoms with E-state index in [0.29, 0.717) is 0 Å². The van der Waals surface area contributed by atoms with Crippen molar-refractivity contribution in [3.05, 3.63) is 251 Å². The molecule has 6 aliphatic rings. The maximum Gasteiger partial charge on any atom is 0.260 e. The number of rotatable bonds is 5. The Kier molecular flexibility index (Phi) is 12.0. The number of nitrogens with zero attached hydrogens (tertiary/aromatic N) is 5. The zero-order chi connectivity index (χ0) is 68.3. The lowest BCUT2D eigenvalue weighted by Crippen LogP contribution is -2.65. The summed E-state index contributed by atoms with van der Waals surface area (Å²) >= 11 is 3.53. The third-order valence-electron chi connectivity index (χ3n) is 22.9. The van der Waals surface area contributed by atoms with Crippen LogP contribution in [0.15, 0.2) is 206 Å². The van der Waals surface area contributed by atoms with Gasteiger partial charge in [-0.25, -0.2) is 0 Å². The van der Waals surface area contributed by atoms with E-state index in [2.05, 4.69) is 302 Å². The van der Waals surface area contributed by atoms with Crippen LogP contribution in [0.5, 0.6) is 34.5 Å². The topological polar surface area (TPSA) is 61.0 Å². The summed E-state index contributed by atoms with van der Waals surface area (Å²) in [7, 11) is 0. The van der Waals surface area contributed by atoms with Gasteiger partial charge in [-0.05, 0) is 232 Å². The van der Waals surface area contributed by atoms with Gasteiger partial charge in [-0.1, -0.05) is 117 Å². The Morgan fingerprint density at radius 3 is 1.03 bits per heavy atom. The highest BCUT2D eigenvalue weighted by molar-refractivity contribution is 8.00. The summed E-state index contributed by atoms with van der Waals surface area (Å²) in [5.74, 6) is 5.04. The minimum Gasteiger partial charge on any atom is -0.458 e. The summed E-state index contributed by atoms with van der Waals surface area (Å²) < 4.78 is 34.5. The molecule has 0 amide bonds. The van der Waals surface area contributed by atoms with Crippen molar-refractivity contribution in [1.82, 2.24) is 13.7 Å². The molecule has 0 fully saturated rings. The van der Waals surface area contributed by atoms with Gasteiger partial charge in [0.15, 0.2) is 0 Å². The molecule has 9 heterocycles. The maximum absolute atomic E-state index is 7.64. The number of hydrogen-bond acceptors (Lipinski definition) is 8. The van der Waals surface area contributed by atoms with Crippen LogP contribution in [-0.4, -0.2) is 46.4 Å². The van der Waals surface area contributed by atoms with Crippen molar-refractivity contribution < 1.29 is 14.2 Å². The van der Waals surface area contributed by atoms with E-state index < -0.39 is 0 Å². The molecule has 14 heteroatoms. The summed E-state index contributed by atoms with van der Waals surface area (Å²) in [5.41, 5.74) is 37.1. The van der Waals surface area contributed by atoms with Crippen molar-refractivity contribution in [3.8, 4) is 51.6 Å². The Hall–Kier alpha value is -11.0. The molecule has 9 nitrogen and oxygen atoms in total. The number of aromatic nitrogens is 3. The second-order valence-corrected chi connectivity index (χ2v) is 31.0. The van der Waals surface area contributed by atoms with Crippen LogP contribution in [0, 0.1) is 55.4 Å². The van der Waals surface area contributed by atoms with Gasteiger partial charge in [0.05, 0.1) is 67.2 Å². The lowest BCUT2D eigenvalue weighted by Gasteiger charge is -2.44. The van der Waals surface area contributed by atoms with Gasteiger partial charge in [-0.3, -0.25) is 8.61 Å². The highest BCUT2D eigenvalue weighted by atomic mass is 32.2. The van der Waals surface area contributed by atoms with Gasteiger partial charge in [0.25, 0.3) is 20.1 Å². The zero-order valence-corrected chi connectivity index (χ0v) is 59.8. The molecule has 13 aromatic carbocycles. The Morgan fingerprint density at radius 2 is 0.598 bits per heavy atom. The monoisotopic (exact) mass is 1350 g/mol. The second kappa shape index (κ2) is 20.8. The molecule has 0 radical (unpaired) electrons. The van der Waals surface area contributed by atoms with E-state index in [4.69, 9.17) is 14.2 Å². The lowest BCUT2D eigenvalue weighted by atomic mass is 9.29. The van der Waals surface area contributed by atoms with Gasteiger partial charge in [-0.2, -0.15) is 0 Å². The van der Waals surface area contributed by atoms with Gasteiger partial charge in [0, 0.05) is 91.6 Å². The SMILES string of the molecule is CSN1c2cc3c(cc2B2c4cc5c(cc4N(SC)c4cc(-n6c7ccc(C)cc7c7cc(C)ccc76)cc1c42)Oc1cc(-n2c4ccc(C)cc4c4cc(C)ccc42)cc2c1B5c1cc(C)ccc1O2)B1c2cc(C)ccc2Oc2cc(-n4c5ccc(C)cc5c5cc(C)ccc54)cc(c21)N3. The largest absolute Gasteiger partial charge is 0.458 e. The second-order valence-electron chi connectivity index (χ2n) is 29.5. The summed E-state index contributed by atoms with van der Waals surface area (Å²) in [6.07, 6.45) is 4.47. The predicted octanol–water partition coefficient (Wildman–Crippen LogP) is 16.8. The molecule has 3 aromatic heterocycles. The highest BCUT2D eigenvalue weighted by Crippen LogP contribution is 2.49. The molecule has 0 saturated carbocycles. The van der Waals surface area contributed by atoms with Crippen LogP contribution < -0.4 is 77.3 Å². The molecular weight excluding hydrogens is 1290 g/mol. The van der Waals surface area contributed by atoms with Crippen molar-refractivity contribution in [1.29, 1.82) is 0 Å². The van der Waals surface area contributed by atoms with Crippen LogP contribution >= 0.6 is 23.9 Å². The molecule has 0 unspecified atom stereocenters. The average Bonchev–Trinajstić information content (AvgIpc) is 1.05. The molecule has 0 aliphatic carbocycles. The van der Waals surface area contributed by atoms with E-state index in [1.54, 1.807) is 23.9 Å². The fraction of sp³-hybridized carbons (Fsp3) is 0.114. The number of fused-ring (bicyclic) bond motifs is 21. The van der Waals surface area contributed by atoms with Crippen molar-refractivity contribution in [2.24, 2.45) is 0 Å². The molecule has 0 atom stereocenters. The molecule has 6 aliphatic heterocycles. The van der Waals surface area contributed by atoms with Crippen molar-refractivity contribution in [3.63, 3.8) is 0 Å². The van der Waals surface area contributed by atoms with Gasteiger partial charge >= 0.3 is 0 Å². The summed E-state index contributed by atoms with van der Waals surface area (Å²) in [6.45, 7) is 17.0. The zero-order valence-electron chi connectivity index (χ0n) is 58.1. The minimum atomic E-state index is -0.217. The van der Waals surface area contributed by atoms with Gasteiger partial charge in [-0.15, -0.1) is 0 Å². The first-order chi connectivity index (χ1) is 49.7. The molecule has 0 saturated heterocycles. The van der Waals surface area contributed by atoms with Crippen LogP contribution in [0.4, 0.5) is 34.1 Å². The third kappa shape index (κ3) is 8.02. The number of hydrogen-bond donors (Lipinski definition) is 1. The first-order valence-electron chi connectivity index (χ1n) is 35.3. The third-order valence-corrected chi connectivity index (χ3v) is 24.4. The standard InChI is InChI=1S/C88H65B3N6O3S2/c1-45-11-19-70-56(27-45)57-28-46(2)12-20-71(57)93(70)53-35-69-86-83(38-53)98-80-25-17-51(7)33-65(80)89(86)62-41-63-76(43-68(62)92-69)96(101-9)78-36-54(94-72-21-13-47(3)29-58(72)59-30-48(4)14-22-73(59)94)37-79-87(78)90(63)64-42-67-82(44-77(64)97(79)102-10)100-85-40-55(39-84-88(85)91(67)66-34-52(8)18-26-81(66)99-84)95-74-23-15-49(5)31-60(74)61-32-50(6)16-24-75(61)95/h11-44,92H,1-10H3. The van der Waals surface area contributed by atoms with Gasteiger partial charge < -0.3 is 33.2 Å². The number of nitrogens with one attached hydrogen (secondary N) is 1. The van der Waals surface area contributed by atoms with Crippen molar-refractivity contribution in [2.75, 3.05) is 26.4 Å². The van der Waals surface area contributed by atoms with E-state index in [1.165, 1.54) is 115 Å². The van der Waals surface area contributed by atoms with E-state index in [9.17, 15) is 0 Å². The number of anilines is 6. The van der Waals surface area contributed by atoms with Crippen LogP contribution in [0.3, 0.4) is 0 Å². The molecule has 16 aromatic rings. The van der Waals surface area contributed by atoms with E-state index in [0.717, 1.165) is 130 Å². The van der Waals surface area contributed by atoms with Crippen molar-refractivity contribution >= 4 is 193 Å². The van der Waals surface area contributed by atoms with Gasteiger partial charge in [0.2, 0.25) is 0 Å². The molecule has 22 rings (SSSR count). The molecule has 102 heavy (non-hydrogen) atoms. The highest BCUT2D eigenvalue weighted by Gasteiger charge is 2.49. The molecule has 0 bridgehead atoms. The smallest absolute Gasteiger partial charge is 0.260 e. The molecule has 0 spiro atoms. The fourth-order valence-electron chi connectivity index (χ4n) is 18.6. The molecule has 1 N–H and O–H groups in total. The number of aryl methyl sites for hydroxylation is 8. The number of benzene rings is 13. The Bertz CT molecular complexity index is 6100. The molecule has 486 valence electrons. The van der Waals surface area contributed by atoms with E-state index >= 15 is 0 Å². The summed E-state index contributed by atoms with van der Waals surface area (Å²) in [5, 5.41) is 11.6. The lowest BCUT2D eigenvalue weighted by molar-refractivity contribution is 0.464. The Labute approximate surface area is 600 Å².